The summed E-state index contributed by atoms with van der Waals surface area (Å²) < 4.78 is 23.3. The van der Waals surface area contributed by atoms with Crippen LogP contribution in [0.3, 0.4) is 0 Å². The maximum atomic E-state index is 12.8. The standard InChI is InChI=1S/C17H17FO3/c1-20-17-4-2-3-14(10-17)11-21-12-16(19)9-13-5-7-15(18)8-6-13/h2-8,10H,9,11-12H2,1H3. The molecule has 0 radical (unpaired) electrons. The van der Waals surface area contributed by atoms with Crippen LogP contribution in [-0.2, 0) is 22.6 Å². The van der Waals surface area contributed by atoms with E-state index in [1.54, 1.807) is 19.2 Å². The van der Waals surface area contributed by atoms with Gasteiger partial charge in [-0.3, -0.25) is 4.79 Å². The number of ether oxygens (including phenoxy) is 2. The van der Waals surface area contributed by atoms with Crippen LogP contribution < -0.4 is 4.74 Å². The topological polar surface area (TPSA) is 35.5 Å². The van der Waals surface area contributed by atoms with E-state index in [-0.39, 0.29) is 24.6 Å². The van der Waals surface area contributed by atoms with Gasteiger partial charge in [-0.15, -0.1) is 0 Å². The van der Waals surface area contributed by atoms with E-state index in [9.17, 15) is 9.18 Å². The van der Waals surface area contributed by atoms with Gasteiger partial charge in [-0.1, -0.05) is 24.3 Å². The van der Waals surface area contributed by atoms with Gasteiger partial charge in [0.25, 0.3) is 0 Å². The van der Waals surface area contributed by atoms with Crippen LogP contribution in [0.2, 0.25) is 0 Å². The first-order valence-corrected chi connectivity index (χ1v) is 6.64. The van der Waals surface area contributed by atoms with Gasteiger partial charge in [0.2, 0.25) is 0 Å². The summed E-state index contributed by atoms with van der Waals surface area (Å²) in [6.07, 6.45) is 0.248. The van der Waals surface area contributed by atoms with E-state index in [0.29, 0.717) is 6.61 Å². The van der Waals surface area contributed by atoms with Gasteiger partial charge in [0.15, 0.2) is 5.78 Å². The predicted molar refractivity (Wildman–Crippen MR) is 77.8 cm³/mol. The molecule has 2 aromatic carbocycles. The van der Waals surface area contributed by atoms with Crippen molar-refractivity contribution in [3.05, 3.63) is 65.5 Å². The molecule has 4 heteroatoms. The summed E-state index contributed by atoms with van der Waals surface area (Å²) in [6.45, 7) is 0.390. The first-order valence-electron chi connectivity index (χ1n) is 6.64. The van der Waals surface area contributed by atoms with Crippen molar-refractivity contribution in [3.63, 3.8) is 0 Å². The van der Waals surface area contributed by atoms with Gasteiger partial charge in [0.05, 0.1) is 13.7 Å². The highest BCUT2D eigenvalue weighted by atomic mass is 19.1. The second-order valence-corrected chi connectivity index (χ2v) is 4.69. The molecule has 0 N–H and O–H groups in total. The smallest absolute Gasteiger partial charge is 0.162 e. The number of halogens is 1. The number of ketones is 1. The van der Waals surface area contributed by atoms with Crippen molar-refractivity contribution in [2.45, 2.75) is 13.0 Å². The molecule has 3 nitrogen and oxygen atoms in total. The highest BCUT2D eigenvalue weighted by Crippen LogP contribution is 2.13. The Morgan fingerprint density at radius 3 is 2.57 bits per heavy atom. The molecule has 0 spiro atoms. The monoisotopic (exact) mass is 288 g/mol. The largest absolute Gasteiger partial charge is 0.497 e. The Bertz CT molecular complexity index is 593. The Morgan fingerprint density at radius 1 is 1.10 bits per heavy atom. The Hall–Kier alpha value is -2.20. The van der Waals surface area contributed by atoms with E-state index in [1.807, 2.05) is 24.3 Å². The second-order valence-electron chi connectivity index (χ2n) is 4.69. The summed E-state index contributed by atoms with van der Waals surface area (Å²) in [5.74, 6) is 0.415. The fourth-order valence-corrected chi connectivity index (χ4v) is 1.93. The Balaban J connectivity index is 1.77. The third-order valence-corrected chi connectivity index (χ3v) is 2.98. The Kier molecular flexibility index (Phi) is 5.46. The van der Waals surface area contributed by atoms with Crippen LogP contribution in [0, 0.1) is 5.82 Å². The normalized spacial score (nSPS) is 10.4. The molecule has 0 atom stereocenters. The molecular weight excluding hydrogens is 271 g/mol. The molecule has 0 saturated heterocycles. The van der Waals surface area contributed by atoms with Gasteiger partial charge >= 0.3 is 0 Å². The molecule has 21 heavy (non-hydrogen) atoms. The van der Waals surface area contributed by atoms with Gasteiger partial charge in [-0.2, -0.15) is 0 Å². The van der Waals surface area contributed by atoms with Gasteiger partial charge < -0.3 is 9.47 Å². The van der Waals surface area contributed by atoms with Crippen molar-refractivity contribution in [2.24, 2.45) is 0 Å². The molecule has 2 aromatic rings. The van der Waals surface area contributed by atoms with Crippen LogP contribution in [0.15, 0.2) is 48.5 Å². The quantitative estimate of drug-likeness (QED) is 0.785. The lowest BCUT2D eigenvalue weighted by molar-refractivity contribution is -0.123. The highest BCUT2D eigenvalue weighted by Gasteiger charge is 2.05. The number of hydrogen-bond donors (Lipinski definition) is 0. The fraction of sp³-hybridized carbons (Fsp3) is 0.235. The summed E-state index contributed by atoms with van der Waals surface area (Å²) >= 11 is 0. The first-order chi connectivity index (χ1) is 10.2. The second kappa shape index (κ2) is 7.55. The maximum Gasteiger partial charge on any atom is 0.162 e. The number of carbonyl (C=O) groups is 1. The van der Waals surface area contributed by atoms with Crippen molar-refractivity contribution < 1.29 is 18.7 Å². The minimum atomic E-state index is -0.305. The number of carbonyl (C=O) groups excluding carboxylic acids is 1. The average Bonchev–Trinajstić information content (AvgIpc) is 2.50. The third-order valence-electron chi connectivity index (χ3n) is 2.98. The van der Waals surface area contributed by atoms with E-state index in [2.05, 4.69) is 0 Å². The predicted octanol–water partition coefficient (Wildman–Crippen LogP) is 3.16. The van der Waals surface area contributed by atoms with Crippen LogP contribution in [0.5, 0.6) is 5.75 Å². The molecule has 2 rings (SSSR count). The molecule has 0 amide bonds. The minimum absolute atomic E-state index is 0.0363. The molecular formula is C17H17FO3. The van der Waals surface area contributed by atoms with Crippen LogP contribution in [0.4, 0.5) is 4.39 Å². The summed E-state index contributed by atoms with van der Waals surface area (Å²) in [7, 11) is 1.60. The van der Waals surface area contributed by atoms with E-state index >= 15 is 0 Å². The molecule has 0 saturated carbocycles. The Morgan fingerprint density at radius 2 is 1.86 bits per heavy atom. The number of rotatable bonds is 7. The van der Waals surface area contributed by atoms with Crippen LogP contribution >= 0.6 is 0 Å². The lowest BCUT2D eigenvalue weighted by Gasteiger charge is -2.06. The van der Waals surface area contributed by atoms with Crippen molar-refractivity contribution in [2.75, 3.05) is 13.7 Å². The lowest BCUT2D eigenvalue weighted by Crippen LogP contribution is -2.11. The zero-order valence-electron chi connectivity index (χ0n) is 11.8. The lowest BCUT2D eigenvalue weighted by atomic mass is 10.1. The van der Waals surface area contributed by atoms with E-state index in [0.717, 1.165) is 16.9 Å². The summed E-state index contributed by atoms with van der Waals surface area (Å²) in [6, 6.07) is 13.4. The van der Waals surface area contributed by atoms with Crippen molar-refractivity contribution >= 4 is 5.78 Å². The number of benzene rings is 2. The van der Waals surface area contributed by atoms with E-state index in [1.165, 1.54) is 12.1 Å². The molecule has 0 bridgehead atoms. The molecule has 0 aromatic heterocycles. The van der Waals surface area contributed by atoms with Gasteiger partial charge in [0.1, 0.15) is 18.2 Å². The Labute approximate surface area is 123 Å². The minimum Gasteiger partial charge on any atom is -0.497 e. The number of methoxy groups -OCH3 is 1. The molecule has 0 fully saturated rings. The fourth-order valence-electron chi connectivity index (χ4n) is 1.93. The van der Waals surface area contributed by atoms with Crippen LogP contribution in [0.25, 0.3) is 0 Å². The summed E-state index contributed by atoms with van der Waals surface area (Å²) in [4.78, 5) is 11.8. The third kappa shape index (κ3) is 5.00. The molecule has 0 aliphatic carbocycles. The average molecular weight is 288 g/mol. The van der Waals surface area contributed by atoms with Gasteiger partial charge in [-0.25, -0.2) is 4.39 Å². The van der Waals surface area contributed by atoms with E-state index < -0.39 is 0 Å². The summed E-state index contributed by atoms with van der Waals surface area (Å²) in [5, 5.41) is 0. The summed E-state index contributed by atoms with van der Waals surface area (Å²) in [5.41, 5.74) is 1.73. The number of hydrogen-bond acceptors (Lipinski definition) is 3. The van der Waals surface area contributed by atoms with Crippen molar-refractivity contribution in [3.8, 4) is 5.75 Å². The SMILES string of the molecule is COc1cccc(COCC(=O)Cc2ccc(F)cc2)c1. The molecule has 0 aliphatic heterocycles. The van der Waals surface area contributed by atoms with Crippen molar-refractivity contribution in [1.29, 1.82) is 0 Å². The van der Waals surface area contributed by atoms with Crippen LogP contribution in [-0.4, -0.2) is 19.5 Å². The highest BCUT2D eigenvalue weighted by molar-refractivity contribution is 5.82. The van der Waals surface area contributed by atoms with Gasteiger partial charge in [0, 0.05) is 6.42 Å². The van der Waals surface area contributed by atoms with Crippen molar-refractivity contribution in [1.82, 2.24) is 0 Å². The molecule has 0 aliphatic rings. The number of Topliss-reactive ketones (excluding diaryl/α,β-unsaturated/α-hetero) is 1. The van der Waals surface area contributed by atoms with E-state index in [4.69, 9.17) is 9.47 Å². The zero-order valence-corrected chi connectivity index (χ0v) is 11.8. The van der Waals surface area contributed by atoms with Gasteiger partial charge in [-0.05, 0) is 35.4 Å². The molecule has 110 valence electrons. The zero-order chi connectivity index (χ0) is 15.1. The molecule has 0 heterocycles. The molecule has 0 unspecified atom stereocenters. The maximum absolute atomic E-state index is 12.8. The first kappa shape index (κ1) is 15.2. The van der Waals surface area contributed by atoms with Crippen LogP contribution in [0.1, 0.15) is 11.1 Å².